The summed E-state index contributed by atoms with van der Waals surface area (Å²) in [4.78, 5) is 24.2. The van der Waals surface area contributed by atoms with Crippen LogP contribution < -0.4 is 10.6 Å². The highest BCUT2D eigenvalue weighted by atomic mass is 19.1. The number of fused-ring (bicyclic) bond motifs is 2. The lowest BCUT2D eigenvalue weighted by Crippen LogP contribution is -2.42. The number of amides is 1. The molecule has 0 radical (unpaired) electrons. The lowest BCUT2D eigenvalue weighted by molar-refractivity contribution is -0.0319. The van der Waals surface area contributed by atoms with Crippen LogP contribution >= 0.6 is 0 Å². The number of morpholine rings is 1. The zero-order valence-electron chi connectivity index (χ0n) is 20.2. The van der Waals surface area contributed by atoms with Crippen LogP contribution in [0.1, 0.15) is 41.4 Å². The number of benzene rings is 1. The van der Waals surface area contributed by atoms with Crippen LogP contribution in [-0.2, 0) is 11.3 Å². The molecule has 184 valence electrons. The quantitative estimate of drug-likeness (QED) is 0.438. The van der Waals surface area contributed by atoms with Gasteiger partial charge in [-0.25, -0.2) is 14.4 Å². The van der Waals surface area contributed by atoms with E-state index in [0.717, 1.165) is 42.1 Å². The molecule has 0 unspecified atom stereocenters. The summed E-state index contributed by atoms with van der Waals surface area (Å²) in [6.07, 6.45) is 5.48. The average Bonchev–Trinajstić information content (AvgIpc) is 3.48. The number of aromatic nitrogens is 3. The van der Waals surface area contributed by atoms with Crippen molar-refractivity contribution in [1.82, 2.24) is 24.6 Å². The zero-order valence-corrected chi connectivity index (χ0v) is 20.2. The molecule has 2 atom stereocenters. The topological polar surface area (TPSA) is 83.8 Å². The van der Waals surface area contributed by atoms with E-state index >= 15 is 0 Å². The maximum absolute atomic E-state index is 13.6. The van der Waals surface area contributed by atoms with E-state index in [9.17, 15) is 9.18 Å². The maximum atomic E-state index is 13.6. The van der Waals surface area contributed by atoms with Gasteiger partial charge in [0.05, 0.1) is 35.9 Å². The molecular formula is C27H27FN6O2. The van der Waals surface area contributed by atoms with Crippen molar-refractivity contribution >= 4 is 23.1 Å². The Morgan fingerprint density at radius 3 is 2.89 bits per heavy atom. The molecule has 8 nitrogen and oxygen atoms in total. The van der Waals surface area contributed by atoms with Gasteiger partial charge >= 0.3 is 0 Å². The van der Waals surface area contributed by atoms with E-state index in [1.54, 1.807) is 12.4 Å². The summed E-state index contributed by atoms with van der Waals surface area (Å²) in [7, 11) is 0. The number of hydrogen-bond acceptors (Lipinski definition) is 6. The monoisotopic (exact) mass is 486 g/mol. The summed E-state index contributed by atoms with van der Waals surface area (Å²) in [5.41, 5.74) is 5.50. The van der Waals surface area contributed by atoms with Crippen LogP contribution in [-0.4, -0.2) is 51.0 Å². The van der Waals surface area contributed by atoms with Crippen LogP contribution in [0.25, 0.3) is 16.9 Å². The van der Waals surface area contributed by atoms with Crippen molar-refractivity contribution in [3.63, 3.8) is 0 Å². The highest BCUT2D eigenvalue weighted by Gasteiger charge is 2.27. The molecule has 0 aliphatic carbocycles. The number of nitrogens with one attached hydrogen (secondary N) is 2. The molecule has 9 heteroatoms. The number of anilines is 2. The summed E-state index contributed by atoms with van der Waals surface area (Å²) in [6.45, 7) is 7.24. The van der Waals surface area contributed by atoms with Crippen molar-refractivity contribution in [2.75, 3.05) is 25.0 Å². The number of pyridine rings is 2. The molecular weight excluding hydrogens is 459 g/mol. The molecule has 2 aliphatic rings. The molecule has 4 aromatic rings. The molecule has 2 N–H and O–H groups in total. The number of rotatable bonds is 5. The summed E-state index contributed by atoms with van der Waals surface area (Å²) in [5.74, 6) is 0.191. The largest absolute Gasteiger partial charge is 0.376 e. The Kier molecular flexibility index (Phi) is 5.66. The lowest BCUT2D eigenvalue weighted by atomic mass is 9.99. The first-order valence-corrected chi connectivity index (χ1v) is 12.1. The summed E-state index contributed by atoms with van der Waals surface area (Å²) in [5, 5.41) is 6.26. The standard InChI is InChI=1S/C27H27FN6O2/c1-16-15-33(9-10-36-16)17(2)18-3-6-24(29-12-18)32-22-5-4-20(21-13-31-27(35)26(21)22)23-14-30-25-11-19(28)7-8-34(23)25/h3-8,11-12,14,16-17H,9-10,13,15H2,1-2H3,(H,29,32)(H,31,35)/t16-,17-/m0/s1. The van der Waals surface area contributed by atoms with Gasteiger partial charge in [0, 0.05) is 49.7 Å². The minimum atomic E-state index is -0.339. The van der Waals surface area contributed by atoms with Gasteiger partial charge in [-0.15, -0.1) is 0 Å². The first kappa shape index (κ1) is 22.6. The van der Waals surface area contributed by atoms with Gasteiger partial charge in [0.25, 0.3) is 5.91 Å². The first-order valence-electron chi connectivity index (χ1n) is 12.1. The maximum Gasteiger partial charge on any atom is 0.254 e. The molecule has 36 heavy (non-hydrogen) atoms. The van der Waals surface area contributed by atoms with Crippen molar-refractivity contribution < 1.29 is 13.9 Å². The summed E-state index contributed by atoms with van der Waals surface area (Å²) >= 11 is 0. The molecule has 0 saturated carbocycles. The number of hydrogen-bond donors (Lipinski definition) is 2. The molecule has 0 bridgehead atoms. The fourth-order valence-electron chi connectivity index (χ4n) is 5.12. The molecule has 3 aromatic heterocycles. The second kappa shape index (κ2) is 9.00. The van der Waals surface area contributed by atoms with Gasteiger partial charge in [-0.3, -0.25) is 14.1 Å². The number of carbonyl (C=O) groups excluding carboxylic acids is 1. The Morgan fingerprint density at radius 2 is 2.08 bits per heavy atom. The van der Waals surface area contributed by atoms with Gasteiger partial charge < -0.3 is 15.4 Å². The van der Waals surface area contributed by atoms with Crippen molar-refractivity contribution in [3.05, 3.63) is 77.5 Å². The van der Waals surface area contributed by atoms with Crippen LogP contribution in [0.5, 0.6) is 0 Å². The van der Waals surface area contributed by atoms with Gasteiger partial charge in [-0.1, -0.05) is 12.1 Å². The Balaban J connectivity index is 1.28. The number of nitrogens with zero attached hydrogens (tertiary/aromatic N) is 4. The highest BCUT2D eigenvalue weighted by Crippen LogP contribution is 2.35. The van der Waals surface area contributed by atoms with Crippen molar-refractivity contribution in [3.8, 4) is 11.3 Å². The Labute approximate surface area is 208 Å². The van der Waals surface area contributed by atoms with Crippen LogP contribution in [0.15, 0.2) is 55.0 Å². The Hall–Kier alpha value is -3.82. The van der Waals surface area contributed by atoms with Gasteiger partial charge in [0.15, 0.2) is 0 Å². The Morgan fingerprint density at radius 1 is 1.19 bits per heavy atom. The molecule has 6 rings (SSSR count). The first-order chi connectivity index (χ1) is 17.5. The van der Waals surface area contributed by atoms with Crippen molar-refractivity contribution in [2.45, 2.75) is 32.5 Å². The van der Waals surface area contributed by atoms with Gasteiger partial charge in [-0.05, 0) is 43.2 Å². The number of carbonyl (C=O) groups is 1. The van der Waals surface area contributed by atoms with Gasteiger partial charge in [0.2, 0.25) is 0 Å². The second-order valence-electron chi connectivity index (χ2n) is 9.37. The van der Waals surface area contributed by atoms with E-state index in [1.165, 1.54) is 12.1 Å². The third-order valence-electron chi connectivity index (χ3n) is 7.07. The fourth-order valence-corrected chi connectivity index (χ4v) is 5.12. The molecule has 1 saturated heterocycles. The van der Waals surface area contributed by atoms with Crippen molar-refractivity contribution in [2.24, 2.45) is 0 Å². The van der Waals surface area contributed by atoms with E-state index in [1.807, 2.05) is 28.8 Å². The normalized spacial score (nSPS) is 18.8. The number of ether oxygens (including phenoxy) is 1. The smallest absolute Gasteiger partial charge is 0.254 e. The molecule has 1 aromatic carbocycles. The third kappa shape index (κ3) is 4.00. The highest BCUT2D eigenvalue weighted by molar-refractivity contribution is 6.06. The van der Waals surface area contributed by atoms with Gasteiger partial charge in [0.1, 0.15) is 17.3 Å². The van der Waals surface area contributed by atoms with E-state index in [-0.39, 0.29) is 23.9 Å². The zero-order chi connectivity index (χ0) is 24.8. The second-order valence-corrected chi connectivity index (χ2v) is 9.37. The van der Waals surface area contributed by atoms with Crippen LogP contribution in [0.2, 0.25) is 0 Å². The molecule has 1 fully saturated rings. The molecule has 2 aliphatic heterocycles. The van der Waals surface area contributed by atoms with Gasteiger partial charge in [-0.2, -0.15) is 0 Å². The minimum Gasteiger partial charge on any atom is -0.376 e. The molecule has 1 amide bonds. The SMILES string of the molecule is C[C@H]1CN([C@@H](C)c2ccc(Nc3ccc(-c4cnc5cc(F)ccn45)c4c3C(=O)NC4)nc2)CCO1. The van der Waals surface area contributed by atoms with E-state index in [0.29, 0.717) is 29.3 Å². The van der Waals surface area contributed by atoms with E-state index in [4.69, 9.17) is 4.74 Å². The average molecular weight is 487 g/mol. The predicted octanol–water partition coefficient (Wildman–Crippen LogP) is 4.30. The van der Waals surface area contributed by atoms with Crippen LogP contribution in [0.4, 0.5) is 15.9 Å². The van der Waals surface area contributed by atoms with E-state index < -0.39 is 0 Å². The number of halogens is 1. The van der Waals surface area contributed by atoms with Crippen molar-refractivity contribution in [1.29, 1.82) is 0 Å². The fraction of sp³-hybridized carbons (Fsp3) is 0.296. The van der Waals surface area contributed by atoms with E-state index in [2.05, 4.69) is 45.4 Å². The summed E-state index contributed by atoms with van der Waals surface area (Å²) < 4.78 is 21.1. The minimum absolute atomic E-state index is 0.138. The van der Waals surface area contributed by atoms with Crippen LogP contribution in [0, 0.1) is 5.82 Å². The summed E-state index contributed by atoms with van der Waals surface area (Å²) in [6, 6.07) is 10.9. The molecule has 5 heterocycles. The van der Waals surface area contributed by atoms with Crippen LogP contribution in [0.3, 0.4) is 0 Å². The molecule has 0 spiro atoms. The Bertz CT molecular complexity index is 1450. The predicted molar refractivity (Wildman–Crippen MR) is 135 cm³/mol. The lowest BCUT2D eigenvalue weighted by Gasteiger charge is -2.35. The number of imidazole rings is 1. The third-order valence-corrected chi connectivity index (χ3v) is 7.07.